The first-order valence-corrected chi connectivity index (χ1v) is 11.1. The average molecular weight is 474 g/mol. The molecule has 0 bridgehead atoms. The Labute approximate surface area is 194 Å². The van der Waals surface area contributed by atoms with Gasteiger partial charge in [0.2, 0.25) is 17.7 Å². The lowest BCUT2D eigenvalue weighted by atomic mass is 10.00. The number of carboxylic acids is 2. The van der Waals surface area contributed by atoms with Crippen molar-refractivity contribution in [1.29, 1.82) is 0 Å². The van der Waals surface area contributed by atoms with E-state index in [-0.39, 0.29) is 31.1 Å². The number of hydrogen-bond donors (Lipinski definition) is 7. The number of amides is 3. The molecule has 4 unspecified atom stereocenters. The Morgan fingerprint density at radius 2 is 1.30 bits per heavy atom. The summed E-state index contributed by atoms with van der Waals surface area (Å²) >= 11 is 0. The lowest BCUT2D eigenvalue weighted by molar-refractivity contribution is -0.143. The van der Waals surface area contributed by atoms with Crippen LogP contribution in [0.2, 0.25) is 0 Å². The van der Waals surface area contributed by atoms with E-state index in [0.29, 0.717) is 19.4 Å². The number of carbonyl (C=O) groups excluding carboxylic acids is 3. The van der Waals surface area contributed by atoms with Crippen molar-refractivity contribution in [3.8, 4) is 0 Å². The zero-order valence-corrected chi connectivity index (χ0v) is 19.8. The van der Waals surface area contributed by atoms with E-state index in [1.54, 1.807) is 27.7 Å². The number of nitrogens with two attached hydrogens (primary N) is 2. The van der Waals surface area contributed by atoms with Gasteiger partial charge in [0.1, 0.15) is 18.1 Å². The van der Waals surface area contributed by atoms with Gasteiger partial charge in [-0.2, -0.15) is 0 Å². The van der Waals surface area contributed by atoms with Crippen LogP contribution in [0.4, 0.5) is 0 Å². The Bertz CT molecular complexity index is 684. The van der Waals surface area contributed by atoms with Gasteiger partial charge in [0.15, 0.2) is 0 Å². The summed E-state index contributed by atoms with van der Waals surface area (Å²) in [6, 6.07) is -4.29. The zero-order valence-electron chi connectivity index (χ0n) is 19.8. The van der Waals surface area contributed by atoms with E-state index >= 15 is 0 Å². The van der Waals surface area contributed by atoms with Crippen LogP contribution >= 0.6 is 0 Å². The third-order valence-electron chi connectivity index (χ3n) is 5.06. The number of carboxylic acid groups (broad SMARTS) is 2. The number of carbonyl (C=O) groups is 5. The lowest BCUT2D eigenvalue weighted by Gasteiger charge is -2.27. The van der Waals surface area contributed by atoms with Gasteiger partial charge in [-0.1, -0.05) is 27.7 Å². The van der Waals surface area contributed by atoms with E-state index in [1.165, 1.54) is 0 Å². The molecule has 4 atom stereocenters. The molecule has 9 N–H and O–H groups in total. The Morgan fingerprint density at radius 3 is 1.76 bits per heavy atom. The molecule has 0 aromatic carbocycles. The number of hydrogen-bond acceptors (Lipinski definition) is 7. The molecule has 0 aromatic heterocycles. The molecule has 33 heavy (non-hydrogen) atoms. The van der Waals surface area contributed by atoms with Crippen molar-refractivity contribution >= 4 is 29.7 Å². The molecule has 3 amide bonds. The standard InChI is InChI=1S/C21H39N5O7/c1-11(2)16(25-18(29)13(23)8-9-15(27)28)20(31)24-14(7-5-6-10-22)19(30)26-17(12(3)4)21(32)33/h11-14,16-17H,5-10,22-23H2,1-4H3,(H,24,31)(H,25,29)(H,26,30)(H,27,28)(H,32,33). The molecule has 0 saturated carbocycles. The van der Waals surface area contributed by atoms with E-state index in [2.05, 4.69) is 16.0 Å². The number of nitrogens with one attached hydrogen (secondary N) is 3. The van der Waals surface area contributed by atoms with Crippen molar-refractivity contribution in [2.45, 2.75) is 84.0 Å². The monoisotopic (exact) mass is 473 g/mol. The summed E-state index contributed by atoms with van der Waals surface area (Å²) in [6.07, 6.45) is 0.971. The van der Waals surface area contributed by atoms with Gasteiger partial charge in [-0.25, -0.2) is 4.79 Å². The SMILES string of the molecule is CC(C)C(NC(=O)C(CCCCN)NC(=O)C(NC(=O)C(N)CCC(=O)O)C(C)C)C(=O)O. The van der Waals surface area contributed by atoms with Gasteiger partial charge in [-0.05, 0) is 44.1 Å². The quantitative estimate of drug-likeness (QED) is 0.139. The van der Waals surface area contributed by atoms with E-state index in [0.717, 1.165) is 0 Å². The second kappa shape index (κ2) is 15.2. The molecular formula is C21H39N5O7. The molecule has 12 heteroatoms. The first-order chi connectivity index (χ1) is 15.3. The van der Waals surface area contributed by atoms with Gasteiger partial charge in [-0.3, -0.25) is 19.2 Å². The molecule has 0 radical (unpaired) electrons. The summed E-state index contributed by atoms with van der Waals surface area (Å²) in [7, 11) is 0. The third-order valence-corrected chi connectivity index (χ3v) is 5.06. The second-order valence-electron chi connectivity index (χ2n) is 8.68. The summed E-state index contributed by atoms with van der Waals surface area (Å²) < 4.78 is 0. The van der Waals surface area contributed by atoms with Crippen molar-refractivity contribution in [3.63, 3.8) is 0 Å². The third kappa shape index (κ3) is 11.6. The predicted molar refractivity (Wildman–Crippen MR) is 121 cm³/mol. The maximum absolute atomic E-state index is 12.9. The highest BCUT2D eigenvalue weighted by atomic mass is 16.4. The number of rotatable bonds is 16. The fraction of sp³-hybridized carbons (Fsp3) is 0.762. The minimum absolute atomic E-state index is 0.0938. The van der Waals surface area contributed by atoms with Crippen LogP contribution in [-0.4, -0.2) is 70.6 Å². The van der Waals surface area contributed by atoms with Gasteiger partial charge >= 0.3 is 11.9 Å². The molecule has 0 aliphatic heterocycles. The van der Waals surface area contributed by atoms with Crippen molar-refractivity contribution in [2.75, 3.05) is 6.54 Å². The Morgan fingerprint density at radius 1 is 0.758 bits per heavy atom. The Hall–Kier alpha value is -2.73. The molecule has 0 spiro atoms. The van der Waals surface area contributed by atoms with Gasteiger partial charge in [0.25, 0.3) is 0 Å². The van der Waals surface area contributed by atoms with E-state index < -0.39 is 53.8 Å². The Kier molecular flexibility index (Phi) is 13.9. The van der Waals surface area contributed by atoms with Crippen LogP contribution in [0.15, 0.2) is 0 Å². The summed E-state index contributed by atoms with van der Waals surface area (Å²) in [4.78, 5) is 60.2. The molecule has 0 rings (SSSR count). The van der Waals surface area contributed by atoms with Gasteiger partial charge in [0, 0.05) is 6.42 Å². The molecule has 0 aromatic rings. The highest BCUT2D eigenvalue weighted by molar-refractivity contribution is 5.94. The molecule has 0 aliphatic rings. The van der Waals surface area contributed by atoms with Crippen molar-refractivity contribution in [1.82, 2.24) is 16.0 Å². The highest BCUT2D eigenvalue weighted by Crippen LogP contribution is 2.09. The van der Waals surface area contributed by atoms with Crippen LogP contribution in [0.1, 0.15) is 59.8 Å². The molecule has 12 nitrogen and oxygen atoms in total. The minimum Gasteiger partial charge on any atom is -0.481 e. The maximum Gasteiger partial charge on any atom is 0.326 e. The smallest absolute Gasteiger partial charge is 0.326 e. The summed E-state index contributed by atoms with van der Waals surface area (Å²) in [5.41, 5.74) is 11.2. The van der Waals surface area contributed by atoms with Crippen LogP contribution in [-0.2, 0) is 24.0 Å². The fourth-order valence-corrected chi connectivity index (χ4v) is 3.00. The molecule has 0 fully saturated rings. The van der Waals surface area contributed by atoms with Crippen molar-refractivity contribution in [2.24, 2.45) is 23.3 Å². The van der Waals surface area contributed by atoms with Crippen molar-refractivity contribution < 1.29 is 34.2 Å². The van der Waals surface area contributed by atoms with E-state index in [4.69, 9.17) is 16.6 Å². The van der Waals surface area contributed by atoms with Gasteiger partial charge < -0.3 is 37.6 Å². The van der Waals surface area contributed by atoms with Crippen molar-refractivity contribution in [3.05, 3.63) is 0 Å². The van der Waals surface area contributed by atoms with Crippen LogP contribution < -0.4 is 27.4 Å². The normalized spacial score (nSPS) is 14.8. The van der Waals surface area contributed by atoms with Crippen LogP contribution in [0.25, 0.3) is 0 Å². The summed E-state index contributed by atoms with van der Waals surface area (Å²) in [5, 5.41) is 25.7. The van der Waals surface area contributed by atoms with Gasteiger partial charge in [-0.15, -0.1) is 0 Å². The Balaban J connectivity index is 5.39. The number of aliphatic carboxylic acids is 2. The van der Waals surface area contributed by atoms with Crippen LogP contribution in [0, 0.1) is 11.8 Å². The first kappa shape index (κ1) is 30.3. The summed E-state index contributed by atoms with van der Waals surface area (Å²) in [6.45, 7) is 7.08. The molecule has 0 heterocycles. The average Bonchev–Trinajstić information content (AvgIpc) is 2.71. The van der Waals surface area contributed by atoms with E-state index in [9.17, 15) is 29.1 Å². The molecule has 0 saturated heterocycles. The largest absolute Gasteiger partial charge is 0.481 e. The van der Waals surface area contributed by atoms with E-state index in [1.807, 2.05) is 0 Å². The van der Waals surface area contributed by atoms with Crippen LogP contribution in [0.5, 0.6) is 0 Å². The highest BCUT2D eigenvalue weighted by Gasteiger charge is 2.32. The van der Waals surface area contributed by atoms with Gasteiger partial charge in [0.05, 0.1) is 6.04 Å². The second-order valence-corrected chi connectivity index (χ2v) is 8.68. The minimum atomic E-state index is -1.19. The summed E-state index contributed by atoms with van der Waals surface area (Å²) in [5.74, 6) is -4.98. The maximum atomic E-state index is 12.9. The van der Waals surface area contributed by atoms with Crippen LogP contribution in [0.3, 0.4) is 0 Å². The molecular weight excluding hydrogens is 434 g/mol. The predicted octanol–water partition coefficient (Wildman–Crippen LogP) is -0.841. The lowest BCUT2D eigenvalue weighted by Crippen LogP contribution is -2.58. The zero-order chi connectivity index (χ0) is 25.7. The molecule has 190 valence electrons. The topological polar surface area (TPSA) is 214 Å². The number of unbranched alkanes of at least 4 members (excludes halogenated alkanes) is 1. The first-order valence-electron chi connectivity index (χ1n) is 11.1. The fourth-order valence-electron chi connectivity index (χ4n) is 3.00. The molecule has 0 aliphatic carbocycles.